The maximum atomic E-state index is 12.2. The van der Waals surface area contributed by atoms with Gasteiger partial charge in [0, 0.05) is 30.9 Å². The minimum Gasteiger partial charge on any atom is -0.337 e. The van der Waals surface area contributed by atoms with Gasteiger partial charge in [0.1, 0.15) is 0 Å². The van der Waals surface area contributed by atoms with Crippen LogP contribution in [0.25, 0.3) is 0 Å². The number of nitriles is 1. The molecule has 1 amide bonds. The van der Waals surface area contributed by atoms with Crippen LogP contribution in [0.5, 0.6) is 0 Å². The Morgan fingerprint density at radius 1 is 1.56 bits per heavy atom. The molecule has 0 atom stereocenters. The average molecular weight is 247 g/mol. The van der Waals surface area contributed by atoms with E-state index in [9.17, 15) is 9.59 Å². The lowest BCUT2D eigenvalue weighted by atomic mass is 10.1. The fourth-order valence-corrected chi connectivity index (χ4v) is 1.66. The Bertz CT molecular complexity index is 499. The van der Waals surface area contributed by atoms with Crippen LogP contribution < -0.4 is 5.56 Å². The molecule has 0 aliphatic rings. The van der Waals surface area contributed by atoms with Gasteiger partial charge in [0.05, 0.1) is 12.5 Å². The van der Waals surface area contributed by atoms with E-state index in [1.165, 1.54) is 12.3 Å². The van der Waals surface area contributed by atoms with Crippen molar-refractivity contribution in [1.82, 2.24) is 9.88 Å². The van der Waals surface area contributed by atoms with Gasteiger partial charge in [0.25, 0.3) is 5.91 Å². The largest absolute Gasteiger partial charge is 0.337 e. The van der Waals surface area contributed by atoms with Crippen LogP contribution >= 0.6 is 0 Å². The summed E-state index contributed by atoms with van der Waals surface area (Å²) in [5, 5.41) is 8.60. The molecule has 0 aliphatic carbocycles. The zero-order valence-corrected chi connectivity index (χ0v) is 10.6. The molecular weight excluding hydrogens is 230 g/mol. The highest BCUT2D eigenvalue weighted by molar-refractivity contribution is 5.94. The van der Waals surface area contributed by atoms with E-state index in [0.717, 1.165) is 0 Å². The number of pyridine rings is 1. The van der Waals surface area contributed by atoms with Gasteiger partial charge in [-0.15, -0.1) is 0 Å². The van der Waals surface area contributed by atoms with E-state index in [1.54, 1.807) is 11.0 Å². The summed E-state index contributed by atoms with van der Waals surface area (Å²) in [6.45, 7) is 4.97. The molecule has 0 bridgehead atoms. The maximum absolute atomic E-state index is 12.2. The zero-order chi connectivity index (χ0) is 13.5. The number of nitrogens with one attached hydrogen (secondary N) is 1. The van der Waals surface area contributed by atoms with Gasteiger partial charge in [0.15, 0.2) is 0 Å². The highest BCUT2D eigenvalue weighted by Crippen LogP contribution is 2.06. The number of hydrogen-bond acceptors (Lipinski definition) is 3. The van der Waals surface area contributed by atoms with Crippen LogP contribution in [-0.2, 0) is 0 Å². The smallest absolute Gasteiger partial charge is 0.254 e. The van der Waals surface area contributed by atoms with Crippen molar-refractivity contribution in [2.75, 3.05) is 13.1 Å². The first-order valence-electron chi connectivity index (χ1n) is 5.89. The number of rotatable bonds is 5. The molecule has 96 valence electrons. The van der Waals surface area contributed by atoms with Gasteiger partial charge >= 0.3 is 0 Å². The van der Waals surface area contributed by atoms with Gasteiger partial charge in [0.2, 0.25) is 5.56 Å². The Morgan fingerprint density at radius 3 is 2.83 bits per heavy atom. The molecule has 0 aliphatic heterocycles. The van der Waals surface area contributed by atoms with E-state index in [-0.39, 0.29) is 11.5 Å². The summed E-state index contributed by atoms with van der Waals surface area (Å²) in [5.41, 5.74) is 0.0583. The summed E-state index contributed by atoms with van der Waals surface area (Å²) in [7, 11) is 0. The summed E-state index contributed by atoms with van der Waals surface area (Å²) in [6.07, 6.45) is 1.75. The van der Waals surface area contributed by atoms with Gasteiger partial charge in [-0.3, -0.25) is 9.59 Å². The molecule has 1 rings (SSSR count). The molecule has 0 saturated heterocycles. The Hall–Kier alpha value is -2.09. The first kappa shape index (κ1) is 14.0. The second-order valence-electron chi connectivity index (χ2n) is 4.49. The summed E-state index contributed by atoms with van der Waals surface area (Å²) >= 11 is 0. The number of amides is 1. The maximum Gasteiger partial charge on any atom is 0.254 e. The summed E-state index contributed by atoms with van der Waals surface area (Å²) in [6, 6.07) is 4.88. The van der Waals surface area contributed by atoms with Crippen LogP contribution in [0, 0.1) is 17.2 Å². The van der Waals surface area contributed by atoms with Gasteiger partial charge in [-0.25, -0.2) is 0 Å². The van der Waals surface area contributed by atoms with E-state index in [0.29, 0.717) is 31.0 Å². The van der Waals surface area contributed by atoms with Crippen molar-refractivity contribution in [1.29, 1.82) is 5.26 Å². The fraction of sp³-hybridized carbons (Fsp3) is 0.462. The average Bonchev–Trinajstić information content (AvgIpc) is 2.33. The molecule has 18 heavy (non-hydrogen) atoms. The number of hydrogen-bond donors (Lipinski definition) is 1. The predicted molar refractivity (Wildman–Crippen MR) is 68.0 cm³/mol. The van der Waals surface area contributed by atoms with Crippen LogP contribution in [0.1, 0.15) is 30.6 Å². The van der Waals surface area contributed by atoms with Crippen molar-refractivity contribution >= 4 is 5.91 Å². The van der Waals surface area contributed by atoms with Gasteiger partial charge in [-0.1, -0.05) is 13.8 Å². The van der Waals surface area contributed by atoms with Crippen LogP contribution in [-0.4, -0.2) is 28.9 Å². The monoisotopic (exact) mass is 247 g/mol. The molecule has 0 fully saturated rings. The molecular formula is C13H17N3O2. The van der Waals surface area contributed by atoms with Crippen molar-refractivity contribution in [3.8, 4) is 6.07 Å². The summed E-state index contributed by atoms with van der Waals surface area (Å²) in [5.74, 6) is 0.111. The normalized spacial score (nSPS) is 10.1. The molecule has 0 unspecified atom stereocenters. The molecule has 1 aromatic heterocycles. The predicted octanol–water partition coefficient (Wildman–Crippen LogP) is 1.39. The third-order valence-corrected chi connectivity index (χ3v) is 2.39. The summed E-state index contributed by atoms with van der Waals surface area (Å²) in [4.78, 5) is 27.5. The Morgan fingerprint density at radius 2 is 2.28 bits per heavy atom. The van der Waals surface area contributed by atoms with Crippen LogP contribution in [0.3, 0.4) is 0 Å². The number of aromatic nitrogens is 1. The molecule has 1 heterocycles. The number of nitrogens with zero attached hydrogens (tertiary/aromatic N) is 2. The van der Waals surface area contributed by atoms with Crippen molar-refractivity contribution in [2.24, 2.45) is 5.92 Å². The van der Waals surface area contributed by atoms with Gasteiger partial charge in [-0.2, -0.15) is 5.26 Å². The highest BCUT2D eigenvalue weighted by atomic mass is 16.2. The van der Waals surface area contributed by atoms with Crippen LogP contribution in [0.4, 0.5) is 0 Å². The fourth-order valence-electron chi connectivity index (χ4n) is 1.66. The van der Waals surface area contributed by atoms with Crippen molar-refractivity contribution < 1.29 is 4.79 Å². The van der Waals surface area contributed by atoms with E-state index < -0.39 is 0 Å². The Kier molecular flexibility index (Phi) is 5.12. The number of aromatic amines is 1. The lowest BCUT2D eigenvalue weighted by Gasteiger charge is -2.23. The molecule has 0 saturated carbocycles. The van der Waals surface area contributed by atoms with Crippen LogP contribution in [0.2, 0.25) is 0 Å². The molecule has 0 radical (unpaired) electrons. The highest BCUT2D eigenvalue weighted by Gasteiger charge is 2.16. The standard InChI is InChI=1S/C13H17N3O2/c1-10(2)9-16(7-3-5-14)13(18)11-4-6-15-12(17)8-11/h4,6,8,10H,3,7,9H2,1-2H3,(H,15,17). The minimum atomic E-state index is -0.300. The Labute approximate surface area is 106 Å². The Balaban J connectivity index is 2.87. The van der Waals surface area contributed by atoms with Gasteiger partial charge in [-0.05, 0) is 12.0 Å². The molecule has 0 aromatic carbocycles. The molecule has 0 spiro atoms. The molecule has 5 nitrogen and oxygen atoms in total. The molecule has 1 N–H and O–H groups in total. The lowest BCUT2D eigenvalue weighted by Crippen LogP contribution is -2.35. The van der Waals surface area contributed by atoms with E-state index in [1.807, 2.05) is 19.9 Å². The van der Waals surface area contributed by atoms with Crippen molar-refractivity contribution in [2.45, 2.75) is 20.3 Å². The van der Waals surface area contributed by atoms with E-state index in [2.05, 4.69) is 4.98 Å². The number of H-pyrrole nitrogens is 1. The zero-order valence-electron chi connectivity index (χ0n) is 10.6. The SMILES string of the molecule is CC(C)CN(CCC#N)C(=O)c1cc[nH]c(=O)c1. The molecule has 5 heteroatoms. The van der Waals surface area contributed by atoms with E-state index in [4.69, 9.17) is 5.26 Å². The second kappa shape index (κ2) is 6.60. The first-order chi connectivity index (χ1) is 8.54. The lowest BCUT2D eigenvalue weighted by molar-refractivity contribution is 0.0739. The summed E-state index contributed by atoms with van der Waals surface area (Å²) < 4.78 is 0. The van der Waals surface area contributed by atoms with Crippen molar-refractivity contribution in [3.05, 3.63) is 34.2 Å². The topological polar surface area (TPSA) is 77.0 Å². The second-order valence-corrected chi connectivity index (χ2v) is 4.49. The third-order valence-electron chi connectivity index (χ3n) is 2.39. The van der Waals surface area contributed by atoms with E-state index >= 15 is 0 Å². The quantitative estimate of drug-likeness (QED) is 0.854. The molecule has 1 aromatic rings. The third kappa shape index (κ3) is 4.06. The first-order valence-corrected chi connectivity index (χ1v) is 5.89. The van der Waals surface area contributed by atoms with Gasteiger partial charge < -0.3 is 9.88 Å². The number of carbonyl (C=O) groups is 1. The minimum absolute atomic E-state index is 0.204. The van der Waals surface area contributed by atoms with Crippen molar-refractivity contribution in [3.63, 3.8) is 0 Å². The van der Waals surface area contributed by atoms with Crippen LogP contribution in [0.15, 0.2) is 23.1 Å². The number of carbonyl (C=O) groups excluding carboxylic acids is 1.